The topological polar surface area (TPSA) is 55.6 Å². The third kappa shape index (κ3) is 4.11. The number of methoxy groups -OCH3 is 1. The lowest BCUT2D eigenvalue weighted by molar-refractivity contribution is 0.0739. The molecule has 0 aliphatic heterocycles. The largest absolute Gasteiger partial charge is 0.497 e. The summed E-state index contributed by atoms with van der Waals surface area (Å²) in [5.74, 6) is 1.40. The second-order valence-electron chi connectivity index (χ2n) is 6.00. The van der Waals surface area contributed by atoms with Crippen LogP contribution in [0.15, 0.2) is 65.2 Å². The van der Waals surface area contributed by atoms with Crippen LogP contribution in [0.4, 0.5) is 0 Å². The number of benzene rings is 2. The van der Waals surface area contributed by atoms with Crippen molar-refractivity contribution < 1.29 is 14.1 Å². The van der Waals surface area contributed by atoms with Gasteiger partial charge in [-0.05, 0) is 30.7 Å². The minimum atomic E-state index is -0.0289. The molecule has 1 amide bonds. The highest BCUT2D eigenvalue weighted by Crippen LogP contribution is 2.21. The molecule has 3 aromatic rings. The van der Waals surface area contributed by atoms with Crippen molar-refractivity contribution in [2.75, 3.05) is 13.7 Å². The SMILES string of the molecule is CCCN(Cc1cc(-c2ccccc2)on1)C(=O)c1ccc(OC)cc1. The van der Waals surface area contributed by atoms with Crippen molar-refractivity contribution in [3.8, 4) is 17.1 Å². The number of ether oxygens (including phenoxy) is 1. The minimum Gasteiger partial charge on any atom is -0.497 e. The van der Waals surface area contributed by atoms with Gasteiger partial charge >= 0.3 is 0 Å². The molecule has 134 valence electrons. The first-order chi connectivity index (χ1) is 12.7. The van der Waals surface area contributed by atoms with Gasteiger partial charge in [-0.1, -0.05) is 42.4 Å². The van der Waals surface area contributed by atoms with E-state index in [0.29, 0.717) is 24.4 Å². The molecule has 0 aliphatic carbocycles. The maximum Gasteiger partial charge on any atom is 0.254 e. The average Bonchev–Trinajstić information content (AvgIpc) is 3.16. The summed E-state index contributed by atoms with van der Waals surface area (Å²) in [6.07, 6.45) is 0.866. The second-order valence-corrected chi connectivity index (χ2v) is 6.00. The normalized spacial score (nSPS) is 10.5. The Morgan fingerprint density at radius 3 is 2.50 bits per heavy atom. The van der Waals surface area contributed by atoms with Gasteiger partial charge in [-0.3, -0.25) is 4.79 Å². The van der Waals surface area contributed by atoms with Crippen LogP contribution in [0.1, 0.15) is 29.4 Å². The number of amides is 1. The molecule has 0 fully saturated rings. The Labute approximate surface area is 153 Å². The van der Waals surface area contributed by atoms with E-state index in [2.05, 4.69) is 5.16 Å². The van der Waals surface area contributed by atoms with E-state index >= 15 is 0 Å². The summed E-state index contributed by atoms with van der Waals surface area (Å²) in [5, 5.41) is 4.13. The Bertz CT molecular complexity index is 841. The molecule has 0 saturated carbocycles. The van der Waals surface area contributed by atoms with Gasteiger partial charge in [0.05, 0.1) is 13.7 Å². The number of hydrogen-bond donors (Lipinski definition) is 0. The highest BCUT2D eigenvalue weighted by atomic mass is 16.5. The van der Waals surface area contributed by atoms with Gasteiger partial charge in [0.2, 0.25) is 0 Å². The van der Waals surface area contributed by atoms with E-state index in [0.717, 1.165) is 23.4 Å². The van der Waals surface area contributed by atoms with Crippen LogP contribution in [0.25, 0.3) is 11.3 Å². The summed E-state index contributed by atoms with van der Waals surface area (Å²) in [4.78, 5) is 14.6. The van der Waals surface area contributed by atoms with Crippen molar-refractivity contribution in [2.24, 2.45) is 0 Å². The van der Waals surface area contributed by atoms with E-state index in [1.54, 1.807) is 36.3 Å². The quantitative estimate of drug-likeness (QED) is 0.634. The molecule has 1 aromatic heterocycles. The molecule has 3 rings (SSSR count). The molecule has 0 spiro atoms. The summed E-state index contributed by atoms with van der Waals surface area (Å²) in [6.45, 7) is 3.11. The van der Waals surface area contributed by atoms with Crippen LogP contribution in [0.3, 0.4) is 0 Å². The number of carbonyl (C=O) groups is 1. The summed E-state index contributed by atoms with van der Waals surface area (Å²) in [5.41, 5.74) is 2.33. The first-order valence-corrected chi connectivity index (χ1v) is 8.65. The smallest absolute Gasteiger partial charge is 0.254 e. The van der Waals surface area contributed by atoms with Gasteiger partial charge < -0.3 is 14.2 Å². The minimum absolute atomic E-state index is 0.0289. The Kier molecular flexibility index (Phi) is 5.69. The van der Waals surface area contributed by atoms with Crippen molar-refractivity contribution in [3.63, 3.8) is 0 Å². The standard InChI is InChI=1S/C21H22N2O3/c1-3-13-23(21(24)17-9-11-19(25-2)12-10-17)15-18-14-20(26-22-18)16-7-5-4-6-8-16/h4-12,14H,3,13,15H2,1-2H3. The predicted molar refractivity (Wildman–Crippen MR) is 100.0 cm³/mol. The third-order valence-corrected chi connectivity index (χ3v) is 4.09. The summed E-state index contributed by atoms with van der Waals surface area (Å²) >= 11 is 0. The molecular weight excluding hydrogens is 328 g/mol. The second kappa shape index (κ2) is 8.34. The summed E-state index contributed by atoms with van der Waals surface area (Å²) < 4.78 is 10.6. The van der Waals surface area contributed by atoms with Crippen LogP contribution in [-0.2, 0) is 6.54 Å². The van der Waals surface area contributed by atoms with E-state index in [-0.39, 0.29) is 5.91 Å². The lowest BCUT2D eigenvalue weighted by Crippen LogP contribution is -2.31. The number of carbonyl (C=O) groups excluding carboxylic acids is 1. The highest BCUT2D eigenvalue weighted by Gasteiger charge is 2.18. The number of aromatic nitrogens is 1. The van der Waals surface area contributed by atoms with Crippen molar-refractivity contribution >= 4 is 5.91 Å². The Hall–Kier alpha value is -3.08. The molecule has 0 bridgehead atoms. The van der Waals surface area contributed by atoms with Crippen molar-refractivity contribution in [1.29, 1.82) is 0 Å². The molecule has 0 saturated heterocycles. The molecule has 26 heavy (non-hydrogen) atoms. The van der Waals surface area contributed by atoms with Crippen molar-refractivity contribution in [2.45, 2.75) is 19.9 Å². The maximum absolute atomic E-state index is 12.8. The molecular formula is C21H22N2O3. The molecule has 0 N–H and O–H groups in total. The van der Waals surface area contributed by atoms with Crippen LogP contribution in [-0.4, -0.2) is 29.6 Å². The van der Waals surface area contributed by atoms with E-state index in [9.17, 15) is 4.79 Å². The molecule has 0 unspecified atom stereocenters. The van der Waals surface area contributed by atoms with Gasteiger partial charge in [-0.2, -0.15) is 0 Å². The van der Waals surface area contributed by atoms with Crippen molar-refractivity contribution in [3.05, 3.63) is 71.9 Å². The molecule has 0 atom stereocenters. The lowest BCUT2D eigenvalue weighted by Gasteiger charge is -2.21. The first-order valence-electron chi connectivity index (χ1n) is 8.65. The van der Waals surface area contributed by atoms with E-state index in [4.69, 9.17) is 9.26 Å². The fraction of sp³-hybridized carbons (Fsp3) is 0.238. The van der Waals surface area contributed by atoms with Gasteiger partial charge in [0, 0.05) is 23.7 Å². The monoisotopic (exact) mass is 350 g/mol. The zero-order chi connectivity index (χ0) is 18.4. The van der Waals surface area contributed by atoms with Gasteiger partial charge in [0.1, 0.15) is 11.4 Å². The fourth-order valence-corrected chi connectivity index (χ4v) is 2.76. The highest BCUT2D eigenvalue weighted by molar-refractivity contribution is 5.94. The van der Waals surface area contributed by atoms with Crippen molar-refractivity contribution in [1.82, 2.24) is 10.1 Å². The van der Waals surface area contributed by atoms with Crippen LogP contribution >= 0.6 is 0 Å². The van der Waals surface area contributed by atoms with Gasteiger partial charge in [0.15, 0.2) is 5.76 Å². The Morgan fingerprint density at radius 2 is 1.85 bits per heavy atom. The fourth-order valence-electron chi connectivity index (χ4n) is 2.76. The molecule has 1 heterocycles. The van der Waals surface area contributed by atoms with E-state index < -0.39 is 0 Å². The van der Waals surface area contributed by atoms with Crippen LogP contribution in [0.5, 0.6) is 5.75 Å². The Morgan fingerprint density at radius 1 is 1.12 bits per heavy atom. The van der Waals surface area contributed by atoms with Gasteiger partial charge in [-0.15, -0.1) is 0 Å². The molecule has 5 nitrogen and oxygen atoms in total. The summed E-state index contributed by atoms with van der Waals surface area (Å²) in [7, 11) is 1.61. The van der Waals surface area contributed by atoms with Crippen LogP contribution in [0.2, 0.25) is 0 Å². The number of hydrogen-bond acceptors (Lipinski definition) is 4. The van der Waals surface area contributed by atoms with E-state index in [1.807, 2.05) is 43.3 Å². The molecule has 2 aromatic carbocycles. The Balaban J connectivity index is 1.75. The predicted octanol–water partition coefficient (Wildman–Crippen LogP) is 4.40. The maximum atomic E-state index is 12.8. The summed E-state index contributed by atoms with van der Waals surface area (Å²) in [6, 6.07) is 18.8. The molecule has 0 aliphatic rings. The first kappa shape index (κ1) is 17.7. The number of nitrogens with zero attached hydrogens (tertiary/aromatic N) is 2. The van der Waals surface area contributed by atoms with E-state index in [1.165, 1.54) is 0 Å². The van der Waals surface area contributed by atoms with Crippen LogP contribution < -0.4 is 4.74 Å². The molecule has 5 heteroatoms. The zero-order valence-corrected chi connectivity index (χ0v) is 15.0. The average molecular weight is 350 g/mol. The van der Waals surface area contributed by atoms with Gasteiger partial charge in [-0.25, -0.2) is 0 Å². The zero-order valence-electron chi connectivity index (χ0n) is 15.0. The third-order valence-electron chi connectivity index (χ3n) is 4.09. The van der Waals surface area contributed by atoms with Gasteiger partial charge in [0.25, 0.3) is 5.91 Å². The molecule has 0 radical (unpaired) electrons. The van der Waals surface area contributed by atoms with Crippen LogP contribution in [0, 0.1) is 0 Å². The number of rotatable bonds is 7. The lowest BCUT2D eigenvalue weighted by atomic mass is 10.1.